The number of aryl methyl sites for hydroxylation is 1. The molecule has 3 aromatic rings. The Kier molecular flexibility index (Phi) is 7.03. The smallest absolute Gasteiger partial charge is 0.225 e. The monoisotopic (exact) mass is 453 g/mol. The summed E-state index contributed by atoms with van der Waals surface area (Å²) in [6.07, 6.45) is 8.42. The van der Waals surface area contributed by atoms with Crippen LogP contribution in [0.2, 0.25) is 5.02 Å². The number of anilines is 1. The Morgan fingerprint density at radius 3 is 2.23 bits per heavy atom. The van der Waals surface area contributed by atoms with Gasteiger partial charge in [-0.05, 0) is 71.9 Å². The lowest BCUT2D eigenvalue weighted by atomic mass is 10.1. The van der Waals surface area contributed by atoms with Crippen LogP contribution in [0, 0.1) is 11.8 Å². The fourth-order valence-corrected chi connectivity index (χ4v) is 4.55. The predicted octanol–water partition coefficient (Wildman–Crippen LogP) is 6.23. The number of rotatable bonds is 5. The molecule has 2 atom stereocenters. The molecule has 2 aromatic carbocycles. The average Bonchev–Trinajstić information content (AvgIpc) is 3.44. The minimum absolute atomic E-state index is 0.638. The number of aromatic nitrogens is 2. The Labute approximate surface area is 194 Å². The van der Waals surface area contributed by atoms with Crippen LogP contribution in [0.3, 0.4) is 0 Å². The molecule has 2 heterocycles. The Balaban J connectivity index is 0.000000151. The average molecular weight is 454 g/mol. The van der Waals surface area contributed by atoms with Crippen molar-refractivity contribution in [2.75, 3.05) is 31.4 Å². The Morgan fingerprint density at radius 2 is 1.68 bits per heavy atom. The lowest BCUT2D eigenvalue weighted by Crippen LogP contribution is -2.23. The summed E-state index contributed by atoms with van der Waals surface area (Å²) in [7, 11) is 1.62. The zero-order valence-corrected chi connectivity index (χ0v) is 19.8. The fraction of sp³-hybridized carbons (Fsp3) is 0.360. The molecule has 6 heteroatoms. The van der Waals surface area contributed by atoms with Gasteiger partial charge >= 0.3 is 0 Å². The summed E-state index contributed by atoms with van der Waals surface area (Å²) in [6, 6.07) is 14.2. The second-order valence-corrected chi connectivity index (χ2v) is 9.27. The normalized spacial score (nSPS) is 18.8. The van der Waals surface area contributed by atoms with E-state index < -0.39 is 0 Å². The number of fused-ring (bicyclic) bond motifs is 1. The highest BCUT2D eigenvalue weighted by molar-refractivity contribution is 7.98. The topological polar surface area (TPSA) is 38.2 Å². The molecule has 31 heavy (non-hydrogen) atoms. The van der Waals surface area contributed by atoms with E-state index in [-0.39, 0.29) is 0 Å². The second kappa shape index (κ2) is 9.92. The number of piperidine rings is 1. The van der Waals surface area contributed by atoms with Gasteiger partial charge in [0.15, 0.2) is 0 Å². The number of nitrogens with zero attached hydrogens (tertiary/aromatic N) is 3. The zero-order chi connectivity index (χ0) is 21.8. The van der Waals surface area contributed by atoms with Crippen LogP contribution < -0.4 is 9.64 Å². The Hall–Kier alpha value is -2.24. The van der Waals surface area contributed by atoms with Crippen LogP contribution >= 0.6 is 23.4 Å². The molecule has 0 amide bonds. The number of ether oxygens (including phenoxy) is 1. The van der Waals surface area contributed by atoms with Crippen LogP contribution in [0.1, 0.15) is 18.9 Å². The quantitative estimate of drug-likeness (QED) is 0.428. The standard InChI is InChI=1S/C14H13ClOS.C11H15N3/c1-16-14-8-5-11(9-13(14)15)10-3-6-12(17-2)7-4-10;1-2-8-4-12-11(13-5-8)14-6-9-3-10(9)7-14/h3-9H,1-2H3;4-5,9-10H,2-3,6-7H2,1H3. The lowest BCUT2D eigenvalue weighted by molar-refractivity contribution is 0.415. The summed E-state index contributed by atoms with van der Waals surface area (Å²) in [4.78, 5) is 12.4. The van der Waals surface area contributed by atoms with Crippen molar-refractivity contribution < 1.29 is 4.74 Å². The van der Waals surface area contributed by atoms with E-state index in [1.165, 1.54) is 30.0 Å². The third-order valence-electron chi connectivity index (χ3n) is 5.94. The molecule has 0 spiro atoms. The molecule has 1 saturated carbocycles. The molecule has 1 aliphatic carbocycles. The van der Waals surface area contributed by atoms with Crippen LogP contribution in [0.15, 0.2) is 59.8 Å². The van der Waals surface area contributed by atoms with Crippen molar-refractivity contribution in [3.8, 4) is 16.9 Å². The molecule has 2 aliphatic rings. The lowest BCUT2D eigenvalue weighted by Gasteiger charge is -2.17. The first-order chi connectivity index (χ1) is 15.1. The van der Waals surface area contributed by atoms with Crippen molar-refractivity contribution in [3.05, 3.63) is 65.4 Å². The van der Waals surface area contributed by atoms with E-state index in [9.17, 15) is 0 Å². The number of halogens is 1. The van der Waals surface area contributed by atoms with Gasteiger partial charge in [0.05, 0.1) is 12.1 Å². The van der Waals surface area contributed by atoms with Crippen molar-refractivity contribution >= 4 is 29.3 Å². The molecule has 0 bridgehead atoms. The summed E-state index contributed by atoms with van der Waals surface area (Å²) >= 11 is 7.84. The van der Waals surface area contributed by atoms with Gasteiger partial charge < -0.3 is 9.64 Å². The maximum Gasteiger partial charge on any atom is 0.225 e. The Bertz CT molecular complexity index is 1000. The molecule has 0 radical (unpaired) electrons. The van der Waals surface area contributed by atoms with Gasteiger partial charge in [0, 0.05) is 30.4 Å². The molecule has 1 aliphatic heterocycles. The molecule has 2 fully saturated rings. The van der Waals surface area contributed by atoms with Gasteiger partial charge in [0.1, 0.15) is 5.75 Å². The molecular weight excluding hydrogens is 426 g/mol. The van der Waals surface area contributed by atoms with E-state index in [2.05, 4.69) is 52.3 Å². The summed E-state index contributed by atoms with van der Waals surface area (Å²) in [5, 5.41) is 0.638. The van der Waals surface area contributed by atoms with Crippen molar-refractivity contribution in [1.82, 2.24) is 9.97 Å². The molecule has 5 rings (SSSR count). The van der Waals surface area contributed by atoms with Crippen LogP contribution in [0.25, 0.3) is 11.1 Å². The minimum atomic E-state index is 0.638. The van der Waals surface area contributed by atoms with E-state index in [0.717, 1.165) is 35.3 Å². The van der Waals surface area contributed by atoms with E-state index in [1.54, 1.807) is 18.9 Å². The fourth-order valence-electron chi connectivity index (χ4n) is 3.88. The van der Waals surface area contributed by atoms with E-state index in [1.807, 2.05) is 30.6 Å². The first-order valence-electron chi connectivity index (χ1n) is 10.6. The van der Waals surface area contributed by atoms with Gasteiger partial charge in [-0.2, -0.15) is 0 Å². The summed E-state index contributed by atoms with van der Waals surface area (Å²) in [6.45, 7) is 4.48. The van der Waals surface area contributed by atoms with Crippen LogP contribution in [0.4, 0.5) is 5.95 Å². The number of hydrogen-bond acceptors (Lipinski definition) is 5. The third-order valence-corrected chi connectivity index (χ3v) is 6.98. The molecule has 162 valence electrons. The van der Waals surface area contributed by atoms with Crippen molar-refractivity contribution in [2.24, 2.45) is 11.8 Å². The van der Waals surface area contributed by atoms with Crippen LogP contribution in [-0.4, -0.2) is 36.4 Å². The minimum Gasteiger partial charge on any atom is -0.495 e. The van der Waals surface area contributed by atoms with Gasteiger partial charge in [0.25, 0.3) is 0 Å². The number of benzene rings is 2. The highest BCUT2D eigenvalue weighted by Gasteiger charge is 2.45. The summed E-state index contributed by atoms with van der Waals surface area (Å²) < 4.78 is 5.14. The first-order valence-corrected chi connectivity index (χ1v) is 12.2. The SMILES string of the molecule is CCc1cnc(N2CC3CC3C2)nc1.COc1ccc(-c2ccc(SC)cc2)cc1Cl. The Morgan fingerprint density at radius 1 is 1.03 bits per heavy atom. The molecule has 1 aromatic heterocycles. The highest BCUT2D eigenvalue weighted by Crippen LogP contribution is 2.45. The number of hydrogen-bond donors (Lipinski definition) is 0. The van der Waals surface area contributed by atoms with Gasteiger partial charge in [-0.3, -0.25) is 0 Å². The van der Waals surface area contributed by atoms with E-state index in [4.69, 9.17) is 16.3 Å². The summed E-state index contributed by atoms with van der Waals surface area (Å²) in [5.74, 6) is 3.53. The maximum absolute atomic E-state index is 6.11. The zero-order valence-electron chi connectivity index (χ0n) is 18.2. The van der Waals surface area contributed by atoms with Gasteiger partial charge in [-0.15, -0.1) is 11.8 Å². The molecule has 4 nitrogen and oxygen atoms in total. The van der Waals surface area contributed by atoms with Gasteiger partial charge in [0.2, 0.25) is 5.95 Å². The van der Waals surface area contributed by atoms with Gasteiger partial charge in [-0.1, -0.05) is 36.7 Å². The number of thioether (sulfide) groups is 1. The van der Waals surface area contributed by atoms with E-state index >= 15 is 0 Å². The number of methoxy groups -OCH3 is 1. The first kappa shape index (κ1) is 22.0. The summed E-state index contributed by atoms with van der Waals surface area (Å²) in [5.41, 5.74) is 3.48. The molecule has 1 saturated heterocycles. The second-order valence-electron chi connectivity index (χ2n) is 7.98. The van der Waals surface area contributed by atoms with Gasteiger partial charge in [-0.25, -0.2) is 9.97 Å². The molecular formula is C25H28ClN3OS. The van der Waals surface area contributed by atoms with Crippen LogP contribution in [0.5, 0.6) is 5.75 Å². The third kappa shape index (κ3) is 5.34. The predicted molar refractivity (Wildman–Crippen MR) is 130 cm³/mol. The van der Waals surface area contributed by atoms with Crippen molar-refractivity contribution in [1.29, 1.82) is 0 Å². The van der Waals surface area contributed by atoms with Crippen molar-refractivity contribution in [3.63, 3.8) is 0 Å². The largest absolute Gasteiger partial charge is 0.495 e. The van der Waals surface area contributed by atoms with Crippen LogP contribution in [-0.2, 0) is 6.42 Å². The van der Waals surface area contributed by atoms with E-state index in [0.29, 0.717) is 10.8 Å². The highest BCUT2D eigenvalue weighted by atomic mass is 35.5. The molecule has 2 unspecified atom stereocenters. The maximum atomic E-state index is 6.11. The van der Waals surface area contributed by atoms with Crippen molar-refractivity contribution in [2.45, 2.75) is 24.7 Å². The molecule has 0 N–H and O–H groups in total.